The first-order valence-corrected chi connectivity index (χ1v) is 13.3. The highest BCUT2D eigenvalue weighted by Gasteiger charge is 2.12. The summed E-state index contributed by atoms with van der Waals surface area (Å²) in [5.41, 5.74) is 0.601. The van der Waals surface area contributed by atoms with Gasteiger partial charge in [-0.15, -0.1) is 0 Å². The molecule has 4 heteroatoms. The van der Waals surface area contributed by atoms with E-state index in [0.29, 0.717) is 18.8 Å². The fourth-order valence-electron chi connectivity index (χ4n) is 3.98. The van der Waals surface area contributed by atoms with Gasteiger partial charge in [0.05, 0.1) is 19.3 Å². The zero-order chi connectivity index (χ0) is 23.1. The molecule has 0 aliphatic rings. The summed E-state index contributed by atoms with van der Waals surface area (Å²) < 4.78 is 5.67. The Morgan fingerprint density at radius 2 is 1.25 bits per heavy atom. The number of ether oxygens (including phenoxy) is 1. The number of aliphatic hydroxyl groups excluding tert-OH is 1. The first-order chi connectivity index (χ1) is 15.8. The fourth-order valence-corrected chi connectivity index (χ4v) is 3.98. The molecule has 1 atom stereocenters. The van der Waals surface area contributed by atoms with E-state index in [-0.39, 0.29) is 18.6 Å². The van der Waals surface area contributed by atoms with Gasteiger partial charge in [0.1, 0.15) is 0 Å². The van der Waals surface area contributed by atoms with Crippen LogP contribution in [0.2, 0.25) is 0 Å². The van der Waals surface area contributed by atoms with Gasteiger partial charge in [0.25, 0.3) is 5.91 Å². The highest BCUT2D eigenvalue weighted by Crippen LogP contribution is 2.13. The lowest BCUT2D eigenvalue weighted by Gasteiger charge is -2.16. The molecule has 0 bridgehead atoms. The smallest absolute Gasteiger partial charge is 0.251 e. The molecule has 0 aromatic heterocycles. The molecule has 0 saturated heterocycles. The first kappa shape index (κ1) is 28.6. The van der Waals surface area contributed by atoms with Crippen molar-refractivity contribution in [2.45, 2.75) is 116 Å². The monoisotopic (exact) mass is 447 g/mol. The summed E-state index contributed by atoms with van der Waals surface area (Å²) >= 11 is 0. The summed E-state index contributed by atoms with van der Waals surface area (Å²) in [6, 6.07) is 8.71. The van der Waals surface area contributed by atoms with E-state index in [1.807, 2.05) is 18.2 Å². The van der Waals surface area contributed by atoms with Gasteiger partial charge in [0, 0.05) is 12.2 Å². The SMILES string of the molecule is CCCCCCCCCCCCCCCCCCOC[C@H](CO)NC(=O)c1ccccc1. The first-order valence-electron chi connectivity index (χ1n) is 13.3. The summed E-state index contributed by atoms with van der Waals surface area (Å²) in [4.78, 5) is 12.1. The third-order valence-electron chi connectivity index (χ3n) is 6.05. The van der Waals surface area contributed by atoms with Crippen LogP contribution in [-0.2, 0) is 4.74 Å². The van der Waals surface area contributed by atoms with Gasteiger partial charge in [-0.1, -0.05) is 121 Å². The molecule has 1 rings (SSSR count). The number of benzene rings is 1. The molecular weight excluding hydrogens is 398 g/mol. The van der Waals surface area contributed by atoms with Crippen LogP contribution < -0.4 is 5.32 Å². The fraction of sp³-hybridized carbons (Fsp3) is 0.750. The molecular formula is C28H49NO3. The second-order valence-electron chi connectivity index (χ2n) is 9.10. The van der Waals surface area contributed by atoms with E-state index in [1.54, 1.807) is 12.1 Å². The van der Waals surface area contributed by atoms with Crippen molar-refractivity contribution in [1.29, 1.82) is 0 Å². The normalized spacial score (nSPS) is 12.1. The molecule has 0 spiro atoms. The Bertz CT molecular complexity index is 535. The van der Waals surface area contributed by atoms with E-state index in [2.05, 4.69) is 12.2 Å². The van der Waals surface area contributed by atoms with E-state index in [1.165, 1.54) is 96.3 Å². The van der Waals surface area contributed by atoms with Crippen LogP contribution in [0.4, 0.5) is 0 Å². The van der Waals surface area contributed by atoms with Crippen LogP contribution in [0.1, 0.15) is 120 Å². The maximum absolute atomic E-state index is 12.1. The predicted molar refractivity (Wildman–Crippen MR) is 135 cm³/mol. The van der Waals surface area contributed by atoms with Gasteiger partial charge in [0.2, 0.25) is 0 Å². The van der Waals surface area contributed by atoms with Crippen molar-refractivity contribution in [1.82, 2.24) is 5.32 Å². The quantitative estimate of drug-likeness (QED) is 0.187. The van der Waals surface area contributed by atoms with E-state index >= 15 is 0 Å². The van der Waals surface area contributed by atoms with Crippen molar-refractivity contribution in [3.63, 3.8) is 0 Å². The third kappa shape index (κ3) is 16.3. The van der Waals surface area contributed by atoms with Gasteiger partial charge in [-0.2, -0.15) is 0 Å². The molecule has 0 saturated carbocycles. The molecule has 1 aromatic carbocycles. The summed E-state index contributed by atoms with van der Waals surface area (Å²) in [6.07, 6.45) is 21.7. The van der Waals surface area contributed by atoms with E-state index in [0.717, 1.165) is 6.42 Å². The van der Waals surface area contributed by atoms with Crippen LogP contribution in [0.3, 0.4) is 0 Å². The molecule has 0 radical (unpaired) electrons. The Kier molecular flexibility index (Phi) is 19.2. The van der Waals surface area contributed by atoms with Gasteiger partial charge in [-0.25, -0.2) is 0 Å². The van der Waals surface area contributed by atoms with Gasteiger partial charge in [-0.3, -0.25) is 4.79 Å². The Balaban J connectivity index is 1.84. The van der Waals surface area contributed by atoms with Gasteiger partial charge in [-0.05, 0) is 18.6 Å². The van der Waals surface area contributed by atoms with Crippen LogP contribution in [0.25, 0.3) is 0 Å². The highest BCUT2D eigenvalue weighted by atomic mass is 16.5. The van der Waals surface area contributed by atoms with Crippen LogP contribution >= 0.6 is 0 Å². The molecule has 184 valence electrons. The molecule has 1 aromatic rings. The van der Waals surface area contributed by atoms with Crippen LogP contribution in [-0.4, -0.2) is 36.9 Å². The average molecular weight is 448 g/mol. The number of carbonyl (C=O) groups is 1. The molecule has 1 amide bonds. The van der Waals surface area contributed by atoms with Crippen LogP contribution in [0.15, 0.2) is 30.3 Å². The Morgan fingerprint density at radius 1 is 0.781 bits per heavy atom. The van der Waals surface area contributed by atoms with Crippen molar-refractivity contribution in [3.05, 3.63) is 35.9 Å². The van der Waals surface area contributed by atoms with E-state index < -0.39 is 0 Å². The summed E-state index contributed by atoms with van der Waals surface area (Å²) in [6.45, 7) is 3.21. The molecule has 2 N–H and O–H groups in total. The maximum atomic E-state index is 12.1. The largest absolute Gasteiger partial charge is 0.394 e. The second kappa shape index (κ2) is 21.5. The predicted octanol–water partition coefficient (Wildman–Crippen LogP) is 7.06. The number of hydrogen-bond acceptors (Lipinski definition) is 3. The Morgan fingerprint density at radius 3 is 1.72 bits per heavy atom. The molecule has 0 aliphatic heterocycles. The topological polar surface area (TPSA) is 58.6 Å². The van der Waals surface area contributed by atoms with Crippen LogP contribution in [0.5, 0.6) is 0 Å². The summed E-state index contributed by atoms with van der Waals surface area (Å²) in [5, 5.41) is 12.3. The highest BCUT2D eigenvalue weighted by molar-refractivity contribution is 5.94. The van der Waals surface area contributed by atoms with Crippen molar-refractivity contribution < 1.29 is 14.6 Å². The number of unbranched alkanes of at least 4 members (excludes halogenated alkanes) is 15. The minimum absolute atomic E-state index is 0.114. The Hall–Kier alpha value is -1.39. The van der Waals surface area contributed by atoms with Crippen molar-refractivity contribution in [2.24, 2.45) is 0 Å². The number of amides is 1. The standard InChI is InChI=1S/C28H49NO3/c1-2-3-4-5-6-7-8-9-10-11-12-13-14-15-16-20-23-32-25-27(24-30)29-28(31)26-21-18-17-19-22-26/h17-19,21-22,27,30H,2-16,20,23-25H2,1H3,(H,29,31)/t27-/m0/s1. The number of carbonyl (C=O) groups excluding carboxylic acids is 1. The molecule has 0 heterocycles. The van der Waals surface area contributed by atoms with Gasteiger partial charge < -0.3 is 15.2 Å². The second-order valence-corrected chi connectivity index (χ2v) is 9.10. The summed E-state index contributed by atoms with van der Waals surface area (Å²) in [7, 11) is 0. The minimum Gasteiger partial charge on any atom is -0.394 e. The third-order valence-corrected chi connectivity index (χ3v) is 6.05. The number of rotatable bonds is 22. The lowest BCUT2D eigenvalue weighted by molar-refractivity contribution is 0.0718. The zero-order valence-corrected chi connectivity index (χ0v) is 20.7. The van der Waals surface area contributed by atoms with Gasteiger partial charge >= 0.3 is 0 Å². The van der Waals surface area contributed by atoms with Crippen molar-refractivity contribution in [2.75, 3.05) is 19.8 Å². The van der Waals surface area contributed by atoms with Crippen LogP contribution in [0, 0.1) is 0 Å². The molecule has 32 heavy (non-hydrogen) atoms. The number of hydrogen-bond donors (Lipinski definition) is 2. The summed E-state index contributed by atoms with van der Waals surface area (Å²) in [5.74, 6) is -0.171. The number of aliphatic hydroxyl groups is 1. The van der Waals surface area contributed by atoms with E-state index in [9.17, 15) is 9.90 Å². The lowest BCUT2D eigenvalue weighted by Crippen LogP contribution is -2.40. The molecule has 4 nitrogen and oxygen atoms in total. The van der Waals surface area contributed by atoms with Gasteiger partial charge in [0.15, 0.2) is 0 Å². The average Bonchev–Trinajstić information content (AvgIpc) is 2.83. The number of nitrogens with one attached hydrogen (secondary N) is 1. The van der Waals surface area contributed by atoms with E-state index in [4.69, 9.17) is 4.74 Å². The molecule has 0 fully saturated rings. The zero-order valence-electron chi connectivity index (χ0n) is 20.7. The Labute approximate surface area is 197 Å². The molecule has 0 aliphatic carbocycles. The minimum atomic E-state index is -0.358. The molecule has 0 unspecified atom stereocenters. The lowest BCUT2D eigenvalue weighted by atomic mass is 10.0. The van der Waals surface area contributed by atoms with Crippen molar-refractivity contribution >= 4 is 5.91 Å². The van der Waals surface area contributed by atoms with Crippen molar-refractivity contribution in [3.8, 4) is 0 Å². The maximum Gasteiger partial charge on any atom is 0.251 e.